The predicted octanol–water partition coefficient (Wildman–Crippen LogP) is 2.56. The molecule has 17 heavy (non-hydrogen) atoms. The molecule has 2 rings (SSSR count). The van der Waals surface area contributed by atoms with E-state index in [4.69, 9.17) is 0 Å². The van der Waals surface area contributed by atoms with Crippen LogP contribution in [0.1, 0.15) is 17.4 Å². The molecule has 0 fully saturated rings. The Labute approximate surface area is 97.5 Å². The molecule has 0 saturated heterocycles. The van der Waals surface area contributed by atoms with Crippen molar-refractivity contribution in [1.82, 2.24) is 9.97 Å². The van der Waals surface area contributed by atoms with Gasteiger partial charge in [-0.15, -0.1) is 0 Å². The standard InChI is InChI=1S/C12H10FN3O/c1-8(17)11-6-7-14-12(16-11)15-10-4-2-9(13)3-5-10/h2-7H,1H3,(H,14,15,16). The Morgan fingerprint density at radius 2 is 1.94 bits per heavy atom. The van der Waals surface area contributed by atoms with Gasteiger partial charge in [0, 0.05) is 18.8 Å². The Morgan fingerprint density at radius 1 is 1.24 bits per heavy atom. The summed E-state index contributed by atoms with van der Waals surface area (Å²) in [6.45, 7) is 1.43. The first-order valence-electron chi connectivity index (χ1n) is 5.02. The van der Waals surface area contributed by atoms with Crippen molar-refractivity contribution in [3.63, 3.8) is 0 Å². The second kappa shape index (κ2) is 4.69. The maximum atomic E-state index is 12.7. The summed E-state index contributed by atoms with van der Waals surface area (Å²) in [5, 5.41) is 2.89. The highest BCUT2D eigenvalue weighted by molar-refractivity contribution is 5.92. The summed E-state index contributed by atoms with van der Waals surface area (Å²) in [5.41, 5.74) is 0.997. The van der Waals surface area contributed by atoms with E-state index in [2.05, 4.69) is 15.3 Å². The molecule has 0 atom stereocenters. The van der Waals surface area contributed by atoms with Gasteiger partial charge in [-0.1, -0.05) is 0 Å². The van der Waals surface area contributed by atoms with E-state index in [1.807, 2.05) is 0 Å². The maximum Gasteiger partial charge on any atom is 0.227 e. The van der Waals surface area contributed by atoms with Gasteiger partial charge in [0.2, 0.25) is 5.95 Å². The molecule has 0 aliphatic heterocycles. The third-order valence-corrected chi connectivity index (χ3v) is 2.12. The quantitative estimate of drug-likeness (QED) is 0.825. The lowest BCUT2D eigenvalue weighted by molar-refractivity contribution is 0.101. The van der Waals surface area contributed by atoms with Crippen LogP contribution in [0, 0.1) is 5.82 Å². The molecular formula is C12H10FN3O. The van der Waals surface area contributed by atoms with Crippen molar-refractivity contribution in [2.24, 2.45) is 0 Å². The summed E-state index contributed by atoms with van der Waals surface area (Å²) >= 11 is 0. The Bertz CT molecular complexity index is 540. The van der Waals surface area contributed by atoms with Crippen LogP contribution in [-0.4, -0.2) is 15.8 Å². The first-order valence-corrected chi connectivity index (χ1v) is 5.02. The predicted molar refractivity (Wildman–Crippen MR) is 61.7 cm³/mol. The molecule has 86 valence electrons. The third kappa shape index (κ3) is 2.84. The Kier molecular flexibility index (Phi) is 3.09. The normalized spacial score (nSPS) is 10.0. The second-order valence-electron chi connectivity index (χ2n) is 3.45. The average Bonchev–Trinajstić information content (AvgIpc) is 2.32. The third-order valence-electron chi connectivity index (χ3n) is 2.12. The van der Waals surface area contributed by atoms with Gasteiger partial charge >= 0.3 is 0 Å². The fraction of sp³-hybridized carbons (Fsp3) is 0.0833. The molecule has 0 bridgehead atoms. The van der Waals surface area contributed by atoms with Crippen LogP contribution in [0.25, 0.3) is 0 Å². The molecular weight excluding hydrogens is 221 g/mol. The summed E-state index contributed by atoms with van der Waals surface area (Å²) in [6.07, 6.45) is 1.50. The minimum absolute atomic E-state index is 0.130. The molecule has 1 heterocycles. The number of hydrogen-bond donors (Lipinski definition) is 1. The van der Waals surface area contributed by atoms with Gasteiger partial charge in [-0.05, 0) is 30.3 Å². The van der Waals surface area contributed by atoms with E-state index in [-0.39, 0.29) is 11.6 Å². The number of nitrogens with one attached hydrogen (secondary N) is 1. The van der Waals surface area contributed by atoms with Gasteiger partial charge in [0.15, 0.2) is 5.78 Å². The van der Waals surface area contributed by atoms with Crippen LogP contribution in [0.2, 0.25) is 0 Å². The van der Waals surface area contributed by atoms with E-state index in [0.29, 0.717) is 17.3 Å². The summed E-state index contributed by atoms with van der Waals surface area (Å²) in [7, 11) is 0. The van der Waals surface area contributed by atoms with Crippen LogP contribution < -0.4 is 5.32 Å². The SMILES string of the molecule is CC(=O)c1ccnc(Nc2ccc(F)cc2)n1. The van der Waals surface area contributed by atoms with Crippen LogP contribution in [0.4, 0.5) is 16.0 Å². The molecule has 2 aromatic rings. The molecule has 1 aromatic carbocycles. The topological polar surface area (TPSA) is 54.9 Å². The van der Waals surface area contributed by atoms with Crippen molar-refractivity contribution < 1.29 is 9.18 Å². The highest BCUT2D eigenvalue weighted by Crippen LogP contribution is 2.13. The monoisotopic (exact) mass is 231 g/mol. The zero-order valence-corrected chi connectivity index (χ0v) is 9.14. The number of ketones is 1. The summed E-state index contributed by atoms with van der Waals surface area (Å²) < 4.78 is 12.7. The molecule has 0 unspecified atom stereocenters. The number of carbonyl (C=O) groups is 1. The van der Waals surface area contributed by atoms with Gasteiger partial charge in [0.25, 0.3) is 0 Å². The van der Waals surface area contributed by atoms with E-state index in [0.717, 1.165) is 0 Å². The van der Waals surface area contributed by atoms with Crippen LogP contribution >= 0.6 is 0 Å². The molecule has 5 heteroatoms. The Hall–Kier alpha value is -2.30. The fourth-order valence-corrected chi connectivity index (χ4v) is 1.28. The average molecular weight is 231 g/mol. The number of Topliss-reactive ketones (excluding diaryl/α,β-unsaturated/α-hetero) is 1. The van der Waals surface area contributed by atoms with Gasteiger partial charge < -0.3 is 5.32 Å². The van der Waals surface area contributed by atoms with E-state index >= 15 is 0 Å². The van der Waals surface area contributed by atoms with Gasteiger partial charge in [-0.2, -0.15) is 0 Å². The Balaban J connectivity index is 2.21. The molecule has 1 N–H and O–H groups in total. The number of hydrogen-bond acceptors (Lipinski definition) is 4. The van der Waals surface area contributed by atoms with Crippen molar-refractivity contribution >= 4 is 17.4 Å². The number of nitrogens with zero attached hydrogens (tertiary/aromatic N) is 2. The molecule has 0 saturated carbocycles. The smallest absolute Gasteiger partial charge is 0.227 e. The summed E-state index contributed by atoms with van der Waals surface area (Å²) in [4.78, 5) is 19.1. The van der Waals surface area contributed by atoms with E-state index in [1.165, 1.54) is 31.3 Å². The lowest BCUT2D eigenvalue weighted by atomic mass is 10.3. The number of aromatic nitrogens is 2. The van der Waals surface area contributed by atoms with Gasteiger partial charge in [-0.3, -0.25) is 4.79 Å². The molecule has 0 aliphatic carbocycles. The van der Waals surface area contributed by atoms with Crippen molar-refractivity contribution in [2.75, 3.05) is 5.32 Å². The van der Waals surface area contributed by atoms with Crippen LogP contribution in [-0.2, 0) is 0 Å². The van der Waals surface area contributed by atoms with Crippen molar-refractivity contribution in [3.8, 4) is 0 Å². The number of anilines is 2. The van der Waals surface area contributed by atoms with Crippen LogP contribution in [0.15, 0.2) is 36.5 Å². The molecule has 1 aromatic heterocycles. The van der Waals surface area contributed by atoms with E-state index in [1.54, 1.807) is 12.1 Å². The summed E-state index contributed by atoms with van der Waals surface area (Å²) in [6, 6.07) is 7.34. The van der Waals surface area contributed by atoms with Crippen LogP contribution in [0.3, 0.4) is 0 Å². The highest BCUT2D eigenvalue weighted by atomic mass is 19.1. The molecule has 0 radical (unpaired) electrons. The van der Waals surface area contributed by atoms with E-state index in [9.17, 15) is 9.18 Å². The molecule has 0 amide bonds. The van der Waals surface area contributed by atoms with Crippen molar-refractivity contribution in [1.29, 1.82) is 0 Å². The van der Waals surface area contributed by atoms with Gasteiger partial charge in [-0.25, -0.2) is 14.4 Å². The highest BCUT2D eigenvalue weighted by Gasteiger charge is 2.03. The maximum absolute atomic E-state index is 12.7. The van der Waals surface area contributed by atoms with Crippen molar-refractivity contribution in [3.05, 3.63) is 48.0 Å². The first kappa shape index (κ1) is 11.2. The zero-order valence-electron chi connectivity index (χ0n) is 9.14. The lowest BCUT2D eigenvalue weighted by Gasteiger charge is -2.04. The van der Waals surface area contributed by atoms with Crippen LogP contribution in [0.5, 0.6) is 0 Å². The summed E-state index contributed by atoms with van der Waals surface area (Å²) in [5.74, 6) is -0.132. The molecule has 0 spiro atoms. The minimum Gasteiger partial charge on any atom is -0.324 e. The fourth-order valence-electron chi connectivity index (χ4n) is 1.28. The number of carbonyl (C=O) groups excluding carboxylic acids is 1. The number of halogens is 1. The first-order chi connectivity index (χ1) is 8.15. The van der Waals surface area contributed by atoms with Gasteiger partial charge in [0.1, 0.15) is 11.5 Å². The van der Waals surface area contributed by atoms with E-state index < -0.39 is 0 Å². The largest absolute Gasteiger partial charge is 0.324 e. The molecule has 0 aliphatic rings. The van der Waals surface area contributed by atoms with Crippen molar-refractivity contribution in [2.45, 2.75) is 6.92 Å². The zero-order chi connectivity index (χ0) is 12.3. The minimum atomic E-state index is -0.311. The lowest BCUT2D eigenvalue weighted by Crippen LogP contribution is -2.02. The van der Waals surface area contributed by atoms with Gasteiger partial charge in [0.05, 0.1) is 0 Å². The number of benzene rings is 1. The number of rotatable bonds is 3. The second-order valence-corrected chi connectivity index (χ2v) is 3.45. The Morgan fingerprint density at radius 3 is 2.59 bits per heavy atom. The molecule has 4 nitrogen and oxygen atoms in total.